The Bertz CT molecular complexity index is 748. The van der Waals surface area contributed by atoms with Crippen LogP contribution < -0.4 is 4.72 Å². The molecule has 0 atom stereocenters. The van der Waals surface area contributed by atoms with Crippen LogP contribution in [-0.2, 0) is 10.0 Å². The van der Waals surface area contributed by atoms with E-state index < -0.39 is 10.0 Å². The van der Waals surface area contributed by atoms with E-state index in [1.165, 1.54) is 18.2 Å². The number of aromatic nitrogens is 2. The zero-order chi connectivity index (χ0) is 14.9. The molecule has 2 aromatic rings. The smallest absolute Gasteiger partial charge is 0.262 e. The molecule has 0 aliphatic carbocycles. The van der Waals surface area contributed by atoms with E-state index in [0.717, 1.165) is 6.20 Å². The maximum Gasteiger partial charge on any atom is 0.264 e. The topological polar surface area (TPSA) is 72.0 Å². The Hall–Kier alpha value is -1.08. The van der Waals surface area contributed by atoms with Crippen LogP contribution in [0.5, 0.6) is 0 Å². The average Bonchev–Trinajstić information content (AvgIpc) is 2.36. The molecule has 2 aromatic heterocycles. The van der Waals surface area contributed by atoms with Gasteiger partial charge in [0.05, 0.1) is 15.7 Å². The van der Waals surface area contributed by atoms with E-state index in [-0.39, 0.29) is 20.9 Å². The second kappa shape index (κ2) is 5.73. The molecule has 0 aromatic carbocycles. The van der Waals surface area contributed by atoms with Crippen molar-refractivity contribution < 1.29 is 8.42 Å². The van der Waals surface area contributed by atoms with Crippen molar-refractivity contribution in [2.24, 2.45) is 0 Å². The molecule has 0 amide bonds. The Kier molecular flexibility index (Phi) is 4.39. The number of aryl methyl sites for hydroxylation is 1. The number of nitrogens with one attached hydrogen (secondary N) is 1. The van der Waals surface area contributed by atoms with Gasteiger partial charge < -0.3 is 0 Å². The molecule has 1 N–H and O–H groups in total. The second-order valence-electron chi connectivity index (χ2n) is 3.81. The summed E-state index contributed by atoms with van der Waals surface area (Å²) in [7, 11) is -3.84. The van der Waals surface area contributed by atoms with Crippen LogP contribution in [0, 0.1) is 6.92 Å². The summed E-state index contributed by atoms with van der Waals surface area (Å²) in [6.45, 7) is 1.64. The predicted octanol–water partition coefficient (Wildman–Crippen LogP) is 3.55. The third-order valence-electron chi connectivity index (χ3n) is 2.35. The molecule has 0 saturated heterocycles. The molecule has 20 heavy (non-hydrogen) atoms. The molecule has 2 heterocycles. The lowest BCUT2D eigenvalue weighted by molar-refractivity contribution is 0.600. The van der Waals surface area contributed by atoms with Gasteiger partial charge in [-0.25, -0.2) is 18.4 Å². The van der Waals surface area contributed by atoms with Crippen LogP contribution in [0.25, 0.3) is 0 Å². The van der Waals surface area contributed by atoms with Gasteiger partial charge >= 0.3 is 0 Å². The molecule has 106 valence electrons. The van der Waals surface area contributed by atoms with Gasteiger partial charge in [0.1, 0.15) is 10.0 Å². The lowest BCUT2D eigenvalue weighted by Crippen LogP contribution is -2.15. The minimum absolute atomic E-state index is 0.00326. The highest BCUT2D eigenvalue weighted by molar-refractivity contribution is 7.92. The predicted molar refractivity (Wildman–Crippen MR) is 79.0 cm³/mol. The van der Waals surface area contributed by atoms with Gasteiger partial charge in [0.15, 0.2) is 5.82 Å². The quantitative estimate of drug-likeness (QED) is 0.858. The molecule has 0 unspecified atom stereocenters. The molecule has 9 heteroatoms. The minimum atomic E-state index is -3.84. The maximum atomic E-state index is 12.1. The number of pyridine rings is 2. The van der Waals surface area contributed by atoms with Crippen LogP contribution in [-0.4, -0.2) is 18.4 Å². The van der Waals surface area contributed by atoms with Crippen molar-refractivity contribution in [1.82, 2.24) is 9.97 Å². The van der Waals surface area contributed by atoms with E-state index in [1.54, 1.807) is 6.92 Å². The summed E-state index contributed by atoms with van der Waals surface area (Å²) >= 11 is 17.4. The highest BCUT2D eigenvalue weighted by Gasteiger charge is 2.18. The summed E-state index contributed by atoms with van der Waals surface area (Å²) < 4.78 is 26.5. The van der Waals surface area contributed by atoms with Crippen LogP contribution in [0.2, 0.25) is 15.2 Å². The number of anilines is 1. The first-order valence-electron chi connectivity index (χ1n) is 5.26. The van der Waals surface area contributed by atoms with Crippen LogP contribution >= 0.6 is 34.8 Å². The largest absolute Gasteiger partial charge is 0.264 e. The van der Waals surface area contributed by atoms with Gasteiger partial charge in [-0.3, -0.25) is 4.72 Å². The van der Waals surface area contributed by atoms with Crippen LogP contribution in [0.1, 0.15) is 5.69 Å². The number of hydrogen-bond donors (Lipinski definition) is 1. The van der Waals surface area contributed by atoms with Crippen molar-refractivity contribution in [2.45, 2.75) is 11.8 Å². The van der Waals surface area contributed by atoms with Crippen LogP contribution in [0.15, 0.2) is 29.3 Å². The third-order valence-corrected chi connectivity index (χ3v) is 4.56. The zero-order valence-corrected chi connectivity index (χ0v) is 13.1. The lowest BCUT2D eigenvalue weighted by atomic mass is 10.4. The summed E-state index contributed by atoms with van der Waals surface area (Å²) in [6.07, 6.45) is 1.14. The van der Waals surface area contributed by atoms with Crippen molar-refractivity contribution in [3.05, 3.63) is 45.3 Å². The van der Waals surface area contributed by atoms with Crippen molar-refractivity contribution >= 4 is 50.6 Å². The maximum absolute atomic E-state index is 12.1. The van der Waals surface area contributed by atoms with E-state index in [9.17, 15) is 8.42 Å². The van der Waals surface area contributed by atoms with Gasteiger partial charge in [0, 0.05) is 6.20 Å². The van der Waals surface area contributed by atoms with Gasteiger partial charge in [-0.1, -0.05) is 34.8 Å². The lowest BCUT2D eigenvalue weighted by Gasteiger charge is -2.10. The number of halogens is 3. The molecule has 0 aliphatic heterocycles. The fourth-order valence-corrected chi connectivity index (χ4v) is 2.88. The van der Waals surface area contributed by atoms with Crippen molar-refractivity contribution in [3.63, 3.8) is 0 Å². The second-order valence-corrected chi connectivity index (χ2v) is 6.69. The number of hydrogen-bond acceptors (Lipinski definition) is 4. The standard InChI is InChI=1S/C11H8Cl3N3O2S/c1-6-8(12)4-9(13)11(16-6)17-20(18,19)7-2-3-10(14)15-5-7/h2-5H,1H3,(H,16,17). The first kappa shape index (κ1) is 15.3. The summed E-state index contributed by atoms with van der Waals surface area (Å²) in [5.41, 5.74) is 0.461. The molecule has 0 spiro atoms. The highest BCUT2D eigenvalue weighted by Crippen LogP contribution is 2.27. The molecule has 0 saturated carbocycles. The minimum Gasteiger partial charge on any atom is -0.262 e. The monoisotopic (exact) mass is 351 g/mol. The molecule has 0 bridgehead atoms. The number of nitrogens with zero attached hydrogens (tertiary/aromatic N) is 2. The SMILES string of the molecule is Cc1nc(NS(=O)(=O)c2ccc(Cl)nc2)c(Cl)cc1Cl. The number of rotatable bonds is 3. The Labute approximate surface area is 131 Å². The van der Waals surface area contributed by atoms with E-state index in [2.05, 4.69) is 14.7 Å². The Morgan fingerprint density at radius 1 is 1.15 bits per heavy atom. The molecule has 0 aliphatic rings. The molecule has 2 rings (SSSR count). The molecule has 5 nitrogen and oxygen atoms in total. The van der Waals surface area contributed by atoms with Crippen molar-refractivity contribution in [1.29, 1.82) is 0 Å². The van der Waals surface area contributed by atoms with E-state index in [1.807, 2.05) is 0 Å². The van der Waals surface area contributed by atoms with Gasteiger partial charge in [0.2, 0.25) is 0 Å². The molecule has 0 radical (unpaired) electrons. The van der Waals surface area contributed by atoms with Gasteiger partial charge in [-0.05, 0) is 25.1 Å². The van der Waals surface area contributed by atoms with Crippen LogP contribution in [0.4, 0.5) is 5.82 Å². The summed E-state index contributed by atoms with van der Waals surface area (Å²) in [4.78, 5) is 7.66. The molecule has 0 fully saturated rings. The first-order valence-corrected chi connectivity index (χ1v) is 7.88. The Balaban J connectivity index is 2.38. The Morgan fingerprint density at radius 3 is 2.45 bits per heavy atom. The summed E-state index contributed by atoms with van der Waals surface area (Å²) in [5, 5.41) is 0.652. The molecular formula is C11H8Cl3N3O2S. The van der Waals surface area contributed by atoms with E-state index in [0.29, 0.717) is 10.7 Å². The molecular weight excluding hydrogens is 345 g/mol. The van der Waals surface area contributed by atoms with E-state index in [4.69, 9.17) is 34.8 Å². The van der Waals surface area contributed by atoms with Gasteiger partial charge in [-0.15, -0.1) is 0 Å². The van der Waals surface area contributed by atoms with Gasteiger partial charge in [0.25, 0.3) is 10.0 Å². The average molecular weight is 353 g/mol. The van der Waals surface area contributed by atoms with Crippen molar-refractivity contribution in [3.8, 4) is 0 Å². The van der Waals surface area contributed by atoms with Crippen LogP contribution in [0.3, 0.4) is 0 Å². The normalized spacial score (nSPS) is 11.4. The Morgan fingerprint density at radius 2 is 1.85 bits per heavy atom. The fraction of sp³-hybridized carbons (Fsp3) is 0.0909. The third kappa shape index (κ3) is 3.32. The van der Waals surface area contributed by atoms with Gasteiger partial charge in [-0.2, -0.15) is 0 Å². The van der Waals surface area contributed by atoms with Crippen molar-refractivity contribution in [2.75, 3.05) is 4.72 Å². The fourth-order valence-electron chi connectivity index (χ4n) is 1.34. The summed E-state index contributed by atoms with van der Waals surface area (Å²) in [6, 6.07) is 4.12. The zero-order valence-electron chi connectivity index (χ0n) is 10.1. The summed E-state index contributed by atoms with van der Waals surface area (Å²) in [5.74, 6) is 0.00326. The van der Waals surface area contributed by atoms with E-state index >= 15 is 0 Å². The highest BCUT2D eigenvalue weighted by atomic mass is 35.5. The first-order chi connectivity index (χ1) is 9.29. The number of sulfonamides is 1.